The van der Waals surface area contributed by atoms with E-state index in [4.69, 9.17) is 4.98 Å². The summed E-state index contributed by atoms with van der Waals surface area (Å²) in [5.41, 5.74) is 3.44. The first-order valence-electron chi connectivity index (χ1n) is 9.14. The van der Waals surface area contributed by atoms with Crippen molar-refractivity contribution in [3.63, 3.8) is 0 Å². The molecule has 1 unspecified atom stereocenters. The Morgan fingerprint density at radius 2 is 2.17 bits per heavy atom. The van der Waals surface area contributed by atoms with Crippen LogP contribution in [0.3, 0.4) is 0 Å². The summed E-state index contributed by atoms with van der Waals surface area (Å²) in [5, 5.41) is 4.40. The molecule has 4 nitrogen and oxygen atoms in total. The number of fused-ring (bicyclic) bond motifs is 1. The second-order valence-electron chi connectivity index (χ2n) is 6.61. The predicted molar refractivity (Wildman–Crippen MR) is 99.4 cm³/mol. The maximum Gasteiger partial charge on any atom is 0.220 e. The summed E-state index contributed by atoms with van der Waals surface area (Å²) >= 11 is 0. The predicted octanol–water partition coefficient (Wildman–Crippen LogP) is 3.68. The Labute approximate surface area is 144 Å². The molecule has 1 saturated heterocycles. The molecule has 1 fully saturated rings. The molecule has 1 aromatic carbocycles. The Bertz CT molecular complexity index is 713. The zero-order chi connectivity index (χ0) is 16.9. The number of hydrogen-bond donors (Lipinski definition) is 1. The lowest BCUT2D eigenvalue weighted by Crippen LogP contribution is -2.47. The first-order valence-corrected chi connectivity index (χ1v) is 9.14. The van der Waals surface area contributed by atoms with Crippen LogP contribution in [-0.2, 0) is 11.2 Å². The largest absolute Gasteiger partial charge is 0.369 e. The number of pyridine rings is 1. The number of benzene rings is 1. The third-order valence-electron chi connectivity index (χ3n) is 4.71. The zero-order valence-electron chi connectivity index (χ0n) is 14.7. The van der Waals surface area contributed by atoms with Crippen molar-refractivity contribution in [2.45, 2.75) is 52.0 Å². The average Bonchev–Trinajstić information content (AvgIpc) is 2.61. The maximum absolute atomic E-state index is 11.9. The average molecular weight is 325 g/mol. The quantitative estimate of drug-likeness (QED) is 0.912. The molecule has 1 aliphatic heterocycles. The lowest BCUT2D eigenvalue weighted by Gasteiger charge is -2.35. The minimum Gasteiger partial charge on any atom is -0.369 e. The van der Waals surface area contributed by atoms with E-state index in [-0.39, 0.29) is 11.9 Å². The molecule has 0 radical (unpaired) electrons. The van der Waals surface area contributed by atoms with E-state index in [1.807, 2.05) is 13.0 Å². The van der Waals surface area contributed by atoms with E-state index < -0.39 is 0 Å². The second-order valence-corrected chi connectivity index (χ2v) is 6.61. The van der Waals surface area contributed by atoms with Crippen LogP contribution in [0.2, 0.25) is 0 Å². The van der Waals surface area contributed by atoms with E-state index in [0.29, 0.717) is 6.42 Å². The Morgan fingerprint density at radius 3 is 2.96 bits per heavy atom. The van der Waals surface area contributed by atoms with E-state index >= 15 is 0 Å². The normalized spacial score (nSPS) is 17.9. The smallest absolute Gasteiger partial charge is 0.220 e. The van der Waals surface area contributed by atoms with Crippen molar-refractivity contribution >= 4 is 22.5 Å². The lowest BCUT2D eigenvalue weighted by atomic mass is 10.0. The molecule has 4 heteroatoms. The van der Waals surface area contributed by atoms with Crippen molar-refractivity contribution in [2.24, 2.45) is 0 Å². The van der Waals surface area contributed by atoms with Gasteiger partial charge in [0, 0.05) is 42.3 Å². The van der Waals surface area contributed by atoms with Crippen LogP contribution in [-0.4, -0.2) is 30.0 Å². The first-order chi connectivity index (χ1) is 11.7. The third kappa shape index (κ3) is 3.69. The monoisotopic (exact) mass is 325 g/mol. The van der Waals surface area contributed by atoms with Gasteiger partial charge in [0.05, 0.1) is 5.52 Å². The van der Waals surface area contributed by atoms with Gasteiger partial charge in [0.25, 0.3) is 0 Å². The number of carbonyl (C=O) groups excluding carboxylic acids is 1. The van der Waals surface area contributed by atoms with Crippen LogP contribution in [0.5, 0.6) is 0 Å². The number of para-hydroxylation sites is 1. The summed E-state index contributed by atoms with van der Waals surface area (Å²) in [6, 6.07) is 10.8. The van der Waals surface area contributed by atoms with Gasteiger partial charge in [-0.3, -0.25) is 9.78 Å². The van der Waals surface area contributed by atoms with E-state index in [1.54, 1.807) is 0 Å². The van der Waals surface area contributed by atoms with Crippen LogP contribution in [0, 0.1) is 0 Å². The molecule has 1 atom stereocenters. The maximum atomic E-state index is 11.9. The number of amides is 1. The van der Waals surface area contributed by atoms with Gasteiger partial charge in [-0.25, -0.2) is 0 Å². The highest BCUT2D eigenvalue weighted by Crippen LogP contribution is 2.29. The van der Waals surface area contributed by atoms with Crippen molar-refractivity contribution in [3.8, 4) is 0 Å². The van der Waals surface area contributed by atoms with Crippen LogP contribution in [0.15, 0.2) is 30.3 Å². The van der Waals surface area contributed by atoms with E-state index in [9.17, 15) is 4.79 Å². The molecule has 2 heterocycles. The van der Waals surface area contributed by atoms with Gasteiger partial charge in [0.2, 0.25) is 5.91 Å². The fourth-order valence-electron chi connectivity index (χ4n) is 3.49. The molecule has 128 valence electrons. The van der Waals surface area contributed by atoms with E-state index in [2.05, 4.69) is 41.4 Å². The molecule has 0 bridgehead atoms. The molecular formula is C20H27N3O. The number of rotatable bonds is 5. The van der Waals surface area contributed by atoms with Crippen LogP contribution in [0.4, 0.5) is 5.69 Å². The van der Waals surface area contributed by atoms with Crippen molar-refractivity contribution in [3.05, 3.63) is 36.0 Å². The van der Waals surface area contributed by atoms with Gasteiger partial charge < -0.3 is 10.2 Å². The van der Waals surface area contributed by atoms with Crippen molar-refractivity contribution in [1.29, 1.82) is 0 Å². The summed E-state index contributed by atoms with van der Waals surface area (Å²) in [7, 11) is 0. The van der Waals surface area contributed by atoms with Gasteiger partial charge >= 0.3 is 0 Å². The molecule has 24 heavy (non-hydrogen) atoms. The molecule has 0 saturated carbocycles. The molecule has 1 aromatic heterocycles. The minimum atomic E-state index is 0.179. The summed E-state index contributed by atoms with van der Waals surface area (Å²) in [5.74, 6) is 0.179. The Morgan fingerprint density at radius 1 is 1.33 bits per heavy atom. The number of nitrogens with zero attached hydrogens (tertiary/aromatic N) is 2. The fourth-order valence-corrected chi connectivity index (χ4v) is 3.49. The van der Waals surface area contributed by atoms with Gasteiger partial charge in [-0.15, -0.1) is 0 Å². The van der Waals surface area contributed by atoms with Gasteiger partial charge in [-0.05, 0) is 37.8 Å². The standard InChI is InChI=1S/C20H27N3O/c1-3-8-20(24)22-16-9-7-12-23(14-16)19-13-15(4-2)21-18-11-6-5-10-17(18)19/h5-6,10-11,13,16H,3-4,7-9,12,14H2,1-2H3,(H,22,24). The molecule has 0 spiro atoms. The summed E-state index contributed by atoms with van der Waals surface area (Å²) in [4.78, 5) is 19.1. The Kier molecular flexibility index (Phi) is 5.34. The molecule has 1 amide bonds. The van der Waals surface area contributed by atoms with Gasteiger partial charge in [0.1, 0.15) is 0 Å². The summed E-state index contributed by atoms with van der Waals surface area (Å²) in [6.45, 7) is 6.11. The SMILES string of the molecule is CCCC(=O)NC1CCCN(c2cc(CC)nc3ccccc23)C1. The summed E-state index contributed by atoms with van der Waals surface area (Å²) < 4.78 is 0. The molecule has 0 aliphatic carbocycles. The molecule has 3 rings (SSSR count). The molecule has 1 aliphatic rings. The minimum absolute atomic E-state index is 0.179. The molecular weight excluding hydrogens is 298 g/mol. The Balaban J connectivity index is 1.85. The van der Waals surface area contributed by atoms with Crippen LogP contribution in [0.1, 0.15) is 45.2 Å². The van der Waals surface area contributed by atoms with E-state index in [1.165, 1.54) is 11.1 Å². The van der Waals surface area contributed by atoms with Crippen molar-refractivity contribution in [2.75, 3.05) is 18.0 Å². The first kappa shape index (κ1) is 16.7. The number of aromatic nitrogens is 1. The highest BCUT2D eigenvalue weighted by atomic mass is 16.1. The number of anilines is 1. The lowest BCUT2D eigenvalue weighted by molar-refractivity contribution is -0.121. The molecule has 1 N–H and O–H groups in total. The van der Waals surface area contributed by atoms with Crippen LogP contribution >= 0.6 is 0 Å². The number of aryl methyl sites for hydroxylation is 1. The topological polar surface area (TPSA) is 45.2 Å². The third-order valence-corrected chi connectivity index (χ3v) is 4.71. The highest BCUT2D eigenvalue weighted by molar-refractivity contribution is 5.92. The van der Waals surface area contributed by atoms with Crippen molar-refractivity contribution in [1.82, 2.24) is 10.3 Å². The van der Waals surface area contributed by atoms with Gasteiger partial charge in [0.15, 0.2) is 0 Å². The molecule has 2 aromatic rings. The van der Waals surface area contributed by atoms with Crippen molar-refractivity contribution < 1.29 is 4.79 Å². The number of carbonyl (C=O) groups is 1. The second kappa shape index (κ2) is 7.65. The highest BCUT2D eigenvalue weighted by Gasteiger charge is 2.23. The Hall–Kier alpha value is -2.10. The number of piperidine rings is 1. The van der Waals surface area contributed by atoms with E-state index in [0.717, 1.165) is 50.0 Å². The number of nitrogens with one attached hydrogen (secondary N) is 1. The zero-order valence-corrected chi connectivity index (χ0v) is 14.7. The fraction of sp³-hybridized carbons (Fsp3) is 0.500. The van der Waals surface area contributed by atoms with Crippen LogP contribution in [0.25, 0.3) is 10.9 Å². The van der Waals surface area contributed by atoms with Crippen LogP contribution < -0.4 is 10.2 Å². The van der Waals surface area contributed by atoms with Gasteiger partial charge in [-0.1, -0.05) is 32.0 Å². The summed E-state index contributed by atoms with van der Waals surface area (Å²) in [6.07, 6.45) is 4.62. The number of hydrogen-bond acceptors (Lipinski definition) is 3. The van der Waals surface area contributed by atoms with Gasteiger partial charge in [-0.2, -0.15) is 0 Å².